The Kier molecular flexibility index (Phi) is 4.05. The van der Waals surface area contributed by atoms with Gasteiger partial charge < -0.3 is 9.47 Å². The Morgan fingerprint density at radius 1 is 0.737 bits per heavy atom. The van der Waals surface area contributed by atoms with E-state index in [1.165, 1.54) is 0 Å². The molecule has 0 aliphatic carbocycles. The molecule has 2 aromatic carbocycles. The molecule has 0 spiro atoms. The zero-order valence-electron chi connectivity index (χ0n) is 11.4. The predicted molar refractivity (Wildman–Crippen MR) is 80.6 cm³/mol. The van der Waals surface area contributed by atoms with Gasteiger partial charge in [0.25, 0.3) is 0 Å². The molecule has 0 aliphatic heterocycles. The summed E-state index contributed by atoms with van der Waals surface area (Å²) in [6.07, 6.45) is 0. The van der Waals surface area contributed by atoms with E-state index in [9.17, 15) is 0 Å². The van der Waals surface area contributed by atoms with Crippen molar-refractivity contribution in [1.82, 2.24) is 0 Å². The van der Waals surface area contributed by atoms with Crippen LogP contribution in [0.1, 0.15) is 20.8 Å². The first-order valence-electron chi connectivity index (χ1n) is 6.18. The minimum atomic E-state index is -0.190. The summed E-state index contributed by atoms with van der Waals surface area (Å²) in [6, 6.07) is 15.2. The minimum Gasteiger partial charge on any atom is -0.488 e. The van der Waals surface area contributed by atoms with Crippen LogP contribution in [0.3, 0.4) is 0 Å². The molecule has 0 amide bonds. The molecule has 0 heterocycles. The average Bonchev–Trinajstić information content (AvgIpc) is 2.33. The van der Waals surface area contributed by atoms with E-state index in [1.54, 1.807) is 0 Å². The number of rotatable bonds is 3. The fraction of sp³-hybridized carbons (Fsp3) is 0.250. The van der Waals surface area contributed by atoms with Crippen LogP contribution in [0.4, 0.5) is 0 Å². The third-order valence-corrected chi connectivity index (χ3v) is 2.62. The monoisotopic (exact) mass is 274 g/mol. The molecule has 2 rings (SSSR count). The van der Waals surface area contributed by atoms with Crippen LogP contribution in [-0.4, -0.2) is 5.60 Å². The maximum absolute atomic E-state index is 5.76. The van der Waals surface area contributed by atoms with Gasteiger partial charge in [0.2, 0.25) is 0 Å². The van der Waals surface area contributed by atoms with Gasteiger partial charge in [-0.05, 0) is 69.3 Å². The second kappa shape index (κ2) is 5.57. The number of benzene rings is 2. The molecule has 2 nitrogen and oxygen atoms in total. The molecule has 0 saturated heterocycles. The summed E-state index contributed by atoms with van der Waals surface area (Å²) in [5, 5.41) is 0. The molecule has 2 aromatic rings. The normalized spacial score (nSPS) is 11.2. The molecule has 3 heteroatoms. The third kappa shape index (κ3) is 4.52. The van der Waals surface area contributed by atoms with Crippen molar-refractivity contribution in [2.75, 3.05) is 0 Å². The highest BCUT2D eigenvalue weighted by molar-refractivity contribution is 7.80. The van der Waals surface area contributed by atoms with Gasteiger partial charge in [0.15, 0.2) is 0 Å². The second-order valence-corrected chi connectivity index (χ2v) is 5.80. The summed E-state index contributed by atoms with van der Waals surface area (Å²) < 4.78 is 11.5. The standard InChI is InChI=1S/C16H18O2S/c1-16(2,3)18-14-6-4-12(5-7-14)17-13-8-10-15(19)11-9-13/h4-11,19H,1-3H3. The van der Waals surface area contributed by atoms with Gasteiger partial charge in [0.05, 0.1) is 0 Å². The summed E-state index contributed by atoms with van der Waals surface area (Å²) in [5.41, 5.74) is -0.190. The van der Waals surface area contributed by atoms with E-state index in [-0.39, 0.29) is 5.60 Å². The maximum Gasteiger partial charge on any atom is 0.127 e. The van der Waals surface area contributed by atoms with Crippen LogP contribution in [0.5, 0.6) is 17.2 Å². The lowest BCUT2D eigenvalue weighted by atomic mass is 10.2. The van der Waals surface area contributed by atoms with E-state index in [0.717, 1.165) is 22.1 Å². The molecule has 0 fully saturated rings. The lowest BCUT2D eigenvalue weighted by Crippen LogP contribution is -2.22. The molecular formula is C16H18O2S. The first-order valence-corrected chi connectivity index (χ1v) is 6.63. The summed E-state index contributed by atoms with van der Waals surface area (Å²) in [4.78, 5) is 0.918. The summed E-state index contributed by atoms with van der Waals surface area (Å²) in [6.45, 7) is 6.07. The summed E-state index contributed by atoms with van der Waals surface area (Å²) >= 11 is 4.24. The molecule has 0 saturated carbocycles. The largest absolute Gasteiger partial charge is 0.488 e. The lowest BCUT2D eigenvalue weighted by molar-refractivity contribution is 0.131. The van der Waals surface area contributed by atoms with Crippen molar-refractivity contribution in [3.63, 3.8) is 0 Å². The Balaban J connectivity index is 2.04. The van der Waals surface area contributed by atoms with Crippen LogP contribution in [-0.2, 0) is 0 Å². The van der Waals surface area contributed by atoms with Crippen LogP contribution < -0.4 is 9.47 Å². The van der Waals surface area contributed by atoms with Gasteiger partial charge in [0, 0.05) is 4.90 Å². The Bertz CT molecular complexity index is 524. The van der Waals surface area contributed by atoms with E-state index in [0.29, 0.717) is 0 Å². The van der Waals surface area contributed by atoms with Gasteiger partial charge in [-0.2, -0.15) is 0 Å². The number of hydrogen-bond donors (Lipinski definition) is 1. The van der Waals surface area contributed by atoms with Crippen molar-refractivity contribution in [3.05, 3.63) is 48.5 Å². The molecule has 0 N–H and O–H groups in total. The van der Waals surface area contributed by atoms with Crippen molar-refractivity contribution < 1.29 is 9.47 Å². The average molecular weight is 274 g/mol. The molecule has 0 aliphatic rings. The molecule has 0 aromatic heterocycles. The summed E-state index contributed by atoms with van der Waals surface area (Å²) in [7, 11) is 0. The van der Waals surface area contributed by atoms with Crippen LogP contribution in [0, 0.1) is 0 Å². The minimum absolute atomic E-state index is 0.190. The Morgan fingerprint density at radius 2 is 1.16 bits per heavy atom. The lowest BCUT2D eigenvalue weighted by Gasteiger charge is -2.21. The summed E-state index contributed by atoms with van der Waals surface area (Å²) in [5.74, 6) is 2.42. The smallest absolute Gasteiger partial charge is 0.127 e. The molecular weight excluding hydrogens is 256 g/mol. The highest BCUT2D eigenvalue weighted by Gasteiger charge is 2.11. The molecule has 19 heavy (non-hydrogen) atoms. The fourth-order valence-electron chi connectivity index (χ4n) is 1.58. The highest BCUT2D eigenvalue weighted by Crippen LogP contribution is 2.26. The van der Waals surface area contributed by atoms with Crippen LogP contribution in [0.25, 0.3) is 0 Å². The number of ether oxygens (including phenoxy) is 2. The molecule has 100 valence electrons. The zero-order valence-corrected chi connectivity index (χ0v) is 12.3. The van der Waals surface area contributed by atoms with Crippen molar-refractivity contribution in [2.24, 2.45) is 0 Å². The van der Waals surface area contributed by atoms with E-state index in [1.807, 2.05) is 69.3 Å². The van der Waals surface area contributed by atoms with E-state index >= 15 is 0 Å². The van der Waals surface area contributed by atoms with Crippen molar-refractivity contribution >= 4 is 12.6 Å². The van der Waals surface area contributed by atoms with Crippen LogP contribution >= 0.6 is 12.6 Å². The number of hydrogen-bond acceptors (Lipinski definition) is 3. The maximum atomic E-state index is 5.76. The molecule has 0 radical (unpaired) electrons. The third-order valence-electron chi connectivity index (χ3n) is 2.32. The van der Waals surface area contributed by atoms with Crippen LogP contribution in [0.2, 0.25) is 0 Å². The first-order chi connectivity index (χ1) is 8.92. The van der Waals surface area contributed by atoms with Crippen LogP contribution in [0.15, 0.2) is 53.4 Å². The van der Waals surface area contributed by atoms with Crippen molar-refractivity contribution in [2.45, 2.75) is 31.3 Å². The predicted octanol–water partition coefficient (Wildman–Crippen LogP) is 4.94. The molecule has 0 bridgehead atoms. The Hall–Kier alpha value is -1.61. The first kappa shape index (κ1) is 13.8. The van der Waals surface area contributed by atoms with E-state index < -0.39 is 0 Å². The molecule has 0 atom stereocenters. The Labute approximate surface area is 119 Å². The molecule has 0 unspecified atom stereocenters. The van der Waals surface area contributed by atoms with Gasteiger partial charge in [-0.3, -0.25) is 0 Å². The van der Waals surface area contributed by atoms with Gasteiger partial charge in [-0.1, -0.05) is 0 Å². The van der Waals surface area contributed by atoms with Gasteiger partial charge in [-0.15, -0.1) is 12.6 Å². The van der Waals surface area contributed by atoms with Crippen molar-refractivity contribution in [3.8, 4) is 17.2 Å². The van der Waals surface area contributed by atoms with Gasteiger partial charge >= 0.3 is 0 Å². The SMILES string of the molecule is CC(C)(C)Oc1ccc(Oc2ccc(S)cc2)cc1. The number of thiol groups is 1. The highest BCUT2D eigenvalue weighted by atomic mass is 32.1. The van der Waals surface area contributed by atoms with Gasteiger partial charge in [0.1, 0.15) is 22.8 Å². The zero-order chi connectivity index (χ0) is 13.9. The Morgan fingerprint density at radius 3 is 1.63 bits per heavy atom. The fourth-order valence-corrected chi connectivity index (χ4v) is 1.73. The second-order valence-electron chi connectivity index (χ2n) is 5.28. The van der Waals surface area contributed by atoms with E-state index in [2.05, 4.69) is 12.6 Å². The van der Waals surface area contributed by atoms with E-state index in [4.69, 9.17) is 9.47 Å². The topological polar surface area (TPSA) is 18.5 Å². The van der Waals surface area contributed by atoms with Crippen molar-refractivity contribution in [1.29, 1.82) is 0 Å². The quantitative estimate of drug-likeness (QED) is 0.799. The van der Waals surface area contributed by atoms with Gasteiger partial charge in [-0.25, -0.2) is 0 Å².